The zero-order valence-electron chi connectivity index (χ0n) is 18.1. The van der Waals surface area contributed by atoms with E-state index in [1.165, 1.54) is 0 Å². The van der Waals surface area contributed by atoms with E-state index in [-0.39, 0.29) is 17.9 Å². The second-order valence-corrected chi connectivity index (χ2v) is 8.41. The molecule has 2 aromatic rings. The van der Waals surface area contributed by atoms with Gasteiger partial charge in [0.05, 0.1) is 38.7 Å². The molecule has 1 unspecified atom stereocenters. The Morgan fingerprint density at radius 1 is 1.09 bits per heavy atom. The van der Waals surface area contributed by atoms with Gasteiger partial charge < -0.3 is 24.4 Å². The van der Waals surface area contributed by atoms with Crippen molar-refractivity contribution in [1.82, 2.24) is 5.32 Å². The van der Waals surface area contributed by atoms with Gasteiger partial charge in [0.2, 0.25) is 11.8 Å². The van der Waals surface area contributed by atoms with Gasteiger partial charge in [0, 0.05) is 12.2 Å². The molecule has 1 N–H and O–H groups in total. The van der Waals surface area contributed by atoms with Gasteiger partial charge in [0.1, 0.15) is 17.1 Å². The number of nitrogens with zero attached hydrogens (tertiary/aromatic N) is 1. The number of anilines is 1. The quantitative estimate of drug-likeness (QED) is 0.677. The molecule has 5 rings (SSSR count). The number of hydrogen-bond donors (Lipinski definition) is 1. The number of benzene rings is 2. The fourth-order valence-electron chi connectivity index (χ4n) is 5.02. The number of carbonyl (C=O) groups is 2. The van der Waals surface area contributed by atoms with Crippen molar-refractivity contribution in [2.45, 2.75) is 18.1 Å². The smallest absolute Gasteiger partial charge is 0.234 e. The van der Waals surface area contributed by atoms with Gasteiger partial charge in [-0.25, -0.2) is 0 Å². The van der Waals surface area contributed by atoms with Crippen LogP contribution >= 0.6 is 0 Å². The normalized spacial score (nSPS) is 27.5. The molecule has 2 aromatic carbocycles. The third kappa shape index (κ3) is 3.33. The summed E-state index contributed by atoms with van der Waals surface area (Å²) in [5, 5.41) is 3.01. The first-order valence-electron chi connectivity index (χ1n) is 10.8. The Morgan fingerprint density at radius 2 is 1.75 bits per heavy atom. The lowest BCUT2D eigenvalue weighted by Crippen LogP contribution is -2.44. The van der Waals surface area contributed by atoms with Crippen LogP contribution in [0.25, 0.3) is 0 Å². The standard InChI is InChI=1S/C25H26N2O5/c1-30-18-7-3-16(4-8-18)12-14-26-23(28)21-20-11-13-25(32-20)15-27(24(29)22(21)25)17-5-9-19(31-2)10-6-17/h3-11,13,20-22H,12,14-15H2,1-2H3,(H,26,28)/t20-,21?,22-,25+/m0/s1. The maximum atomic E-state index is 13.4. The number of ether oxygens (including phenoxy) is 3. The van der Waals surface area contributed by atoms with Crippen LogP contribution in [0, 0.1) is 11.8 Å². The fraction of sp³-hybridized carbons (Fsp3) is 0.360. The Kier molecular flexibility index (Phi) is 5.13. The van der Waals surface area contributed by atoms with Crippen LogP contribution in [0.5, 0.6) is 11.5 Å². The molecule has 166 valence electrons. The lowest BCUT2D eigenvalue weighted by atomic mass is 9.77. The van der Waals surface area contributed by atoms with E-state index in [0.717, 1.165) is 22.7 Å². The van der Waals surface area contributed by atoms with Gasteiger partial charge in [-0.2, -0.15) is 0 Å². The molecular formula is C25H26N2O5. The van der Waals surface area contributed by atoms with Crippen LogP contribution in [-0.2, 0) is 20.7 Å². The zero-order valence-corrected chi connectivity index (χ0v) is 18.1. The first-order chi connectivity index (χ1) is 15.5. The molecule has 3 aliphatic rings. The van der Waals surface area contributed by atoms with E-state index in [4.69, 9.17) is 14.2 Å². The van der Waals surface area contributed by atoms with Crippen LogP contribution in [0.15, 0.2) is 60.7 Å². The molecule has 0 aliphatic carbocycles. The van der Waals surface area contributed by atoms with Crippen LogP contribution in [0.1, 0.15) is 5.56 Å². The molecule has 2 bridgehead atoms. The fourth-order valence-corrected chi connectivity index (χ4v) is 5.02. The SMILES string of the molecule is COc1ccc(CCNC(=O)C2[C@@H]3C=C[C@]4(CN(c5ccc(OC)cc5)C(=O)[C@H]24)O3)cc1. The predicted molar refractivity (Wildman–Crippen MR) is 119 cm³/mol. The lowest BCUT2D eigenvalue weighted by molar-refractivity contribution is -0.131. The van der Waals surface area contributed by atoms with Crippen molar-refractivity contribution in [3.8, 4) is 11.5 Å². The summed E-state index contributed by atoms with van der Waals surface area (Å²) >= 11 is 0. The van der Waals surface area contributed by atoms with Crippen LogP contribution < -0.4 is 19.7 Å². The second-order valence-electron chi connectivity index (χ2n) is 8.41. The summed E-state index contributed by atoms with van der Waals surface area (Å²) in [5.74, 6) is 0.286. The highest BCUT2D eigenvalue weighted by Crippen LogP contribution is 2.52. The van der Waals surface area contributed by atoms with E-state index in [1.807, 2.05) is 60.7 Å². The molecule has 2 amide bonds. The van der Waals surface area contributed by atoms with Crippen LogP contribution in [0.2, 0.25) is 0 Å². The summed E-state index contributed by atoms with van der Waals surface area (Å²) in [4.78, 5) is 28.2. The van der Waals surface area contributed by atoms with Gasteiger partial charge >= 0.3 is 0 Å². The number of hydrogen-bond acceptors (Lipinski definition) is 5. The Hall–Kier alpha value is -3.32. The van der Waals surface area contributed by atoms with E-state index in [0.29, 0.717) is 19.5 Å². The van der Waals surface area contributed by atoms with Crippen molar-refractivity contribution in [2.75, 3.05) is 32.2 Å². The number of carbonyl (C=O) groups excluding carboxylic acids is 2. The van der Waals surface area contributed by atoms with Crippen molar-refractivity contribution in [3.05, 3.63) is 66.2 Å². The van der Waals surface area contributed by atoms with Crippen LogP contribution in [0.4, 0.5) is 5.69 Å². The maximum Gasteiger partial charge on any atom is 0.234 e. The van der Waals surface area contributed by atoms with Crippen molar-refractivity contribution in [1.29, 1.82) is 0 Å². The molecule has 7 heteroatoms. The van der Waals surface area contributed by atoms with Crippen LogP contribution in [0.3, 0.4) is 0 Å². The summed E-state index contributed by atoms with van der Waals surface area (Å²) < 4.78 is 16.6. The molecule has 0 aromatic heterocycles. The summed E-state index contributed by atoms with van der Waals surface area (Å²) in [6, 6.07) is 15.1. The summed E-state index contributed by atoms with van der Waals surface area (Å²) in [6.45, 7) is 0.902. The predicted octanol–water partition coefficient (Wildman–Crippen LogP) is 2.35. The highest BCUT2D eigenvalue weighted by Gasteiger charge is 2.67. The topological polar surface area (TPSA) is 77.1 Å². The van der Waals surface area contributed by atoms with Gasteiger partial charge in [-0.05, 0) is 48.4 Å². The molecule has 32 heavy (non-hydrogen) atoms. The molecule has 3 aliphatic heterocycles. The zero-order chi connectivity index (χ0) is 22.3. The van der Waals surface area contributed by atoms with E-state index < -0.39 is 17.4 Å². The molecular weight excluding hydrogens is 408 g/mol. The second kappa shape index (κ2) is 7.98. The molecule has 2 fully saturated rings. The minimum atomic E-state index is -0.736. The molecule has 0 radical (unpaired) electrons. The minimum absolute atomic E-state index is 0.0719. The average Bonchev–Trinajstić information content (AvgIpc) is 3.48. The molecule has 0 saturated carbocycles. The lowest BCUT2D eigenvalue weighted by Gasteiger charge is -2.23. The molecule has 4 atom stereocenters. The van der Waals surface area contributed by atoms with E-state index >= 15 is 0 Å². The largest absolute Gasteiger partial charge is 0.497 e. The average molecular weight is 434 g/mol. The Balaban J connectivity index is 1.27. The number of amides is 2. The highest BCUT2D eigenvalue weighted by atomic mass is 16.5. The van der Waals surface area contributed by atoms with Gasteiger partial charge in [0.15, 0.2) is 0 Å². The number of nitrogens with one attached hydrogen (secondary N) is 1. The molecule has 1 spiro atoms. The number of fused-ring (bicyclic) bond motifs is 1. The van der Waals surface area contributed by atoms with Crippen molar-refractivity contribution >= 4 is 17.5 Å². The first-order valence-corrected chi connectivity index (χ1v) is 10.8. The monoisotopic (exact) mass is 434 g/mol. The van der Waals surface area contributed by atoms with Crippen molar-refractivity contribution in [3.63, 3.8) is 0 Å². The summed E-state index contributed by atoms with van der Waals surface area (Å²) in [6.07, 6.45) is 4.23. The summed E-state index contributed by atoms with van der Waals surface area (Å²) in [7, 11) is 3.24. The van der Waals surface area contributed by atoms with E-state index in [9.17, 15) is 9.59 Å². The van der Waals surface area contributed by atoms with Crippen molar-refractivity contribution < 1.29 is 23.8 Å². The molecule has 3 heterocycles. The first kappa shape index (κ1) is 20.6. The molecule has 2 saturated heterocycles. The number of rotatable bonds is 7. The maximum absolute atomic E-state index is 13.4. The van der Waals surface area contributed by atoms with Crippen molar-refractivity contribution in [2.24, 2.45) is 11.8 Å². The Bertz CT molecular complexity index is 1050. The van der Waals surface area contributed by atoms with Gasteiger partial charge in [-0.3, -0.25) is 9.59 Å². The van der Waals surface area contributed by atoms with Gasteiger partial charge in [-0.15, -0.1) is 0 Å². The summed E-state index contributed by atoms with van der Waals surface area (Å²) in [5.41, 5.74) is 1.15. The highest BCUT2D eigenvalue weighted by molar-refractivity contribution is 6.03. The molecule has 7 nitrogen and oxygen atoms in total. The third-order valence-electron chi connectivity index (χ3n) is 6.66. The van der Waals surface area contributed by atoms with Crippen LogP contribution in [-0.4, -0.2) is 50.8 Å². The minimum Gasteiger partial charge on any atom is -0.497 e. The van der Waals surface area contributed by atoms with E-state index in [2.05, 4.69) is 5.32 Å². The van der Waals surface area contributed by atoms with E-state index in [1.54, 1.807) is 19.1 Å². The third-order valence-corrected chi connectivity index (χ3v) is 6.66. The number of methoxy groups -OCH3 is 2. The Morgan fingerprint density at radius 3 is 2.41 bits per heavy atom. The van der Waals surface area contributed by atoms with Gasteiger partial charge in [0.25, 0.3) is 0 Å². The Labute approximate surface area is 186 Å². The van der Waals surface area contributed by atoms with Gasteiger partial charge in [-0.1, -0.05) is 24.3 Å².